The van der Waals surface area contributed by atoms with Crippen LogP contribution in [0.5, 0.6) is 0 Å². The van der Waals surface area contributed by atoms with Crippen LogP contribution in [0.2, 0.25) is 0 Å². The molecule has 0 aliphatic rings. The van der Waals surface area contributed by atoms with E-state index in [0.29, 0.717) is 16.0 Å². The van der Waals surface area contributed by atoms with Gasteiger partial charge in [-0.3, -0.25) is 15.0 Å². The van der Waals surface area contributed by atoms with Gasteiger partial charge in [-0.15, -0.1) is 11.3 Å². The molecule has 0 saturated carbocycles. The van der Waals surface area contributed by atoms with Crippen LogP contribution in [0.15, 0.2) is 42.5 Å². The highest BCUT2D eigenvalue weighted by Gasteiger charge is 2.33. The molecule has 0 aliphatic carbocycles. The van der Waals surface area contributed by atoms with Gasteiger partial charge in [0.2, 0.25) is 0 Å². The molecule has 0 N–H and O–H groups in total. The van der Waals surface area contributed by atoms with E-state index in [0.717, 1.165) is 28.4 Å². The maximum Gasteiger partial charge on any atom is 0.415 e. The first-order chi connectivity index (χ1) is 18.9. The number of amides is 1. The molecule has 1 heterocycles. The molecular formula is C28H31F2N3O6S. The lowest BCUT2D eigenvalue weighted by Gasteiger charge is -2.23. The maximum atomic E-state index is 14.7. The summed E-state index contributed by atoms with van der Waals surface area (Å²) < 4.78 is 40.3. The van der Waals surface area contributed by atoms with E-state index in [-0.39, 0.29) is 47.5 Å². The van der Waals surface area contributed by atoms with E-state index < -0.39 is 35.2 Å². The van der Waals surface area contributed by atoms with Gasteiger partial charge in [0.05, 0.1) is 30.2 Å². The maximum absolute atomic E-state index is 14.7. The van der Waals surface area contributed by atoms with Crippen molar-refractivity contribution in [3.8, 4) is 10.4 Å². The topological polar surface area (TPSA) is 102 Å². The number of hydrogen-bond donors (Lipinski definition) is 0. The van der Waals surface area contributed by atoms with Crippen molar-refractivity contribution >= 4 is 34.1 Å². The van der Waals surface area contributed by atoms with Gasteiger partial charge in [0, 0.05) is 34.7 Å². The summed E-state index contributed by atoms with van der Waals surface area (Å²) in [6.07, 6.45) is -0.894. The van der Waals surface area contributed by atoms with Crippen molar-refractivity contribution in [3.05, 3.63) is 80.9 Å². The highest BCUT2D eigenvalue weighted by atomic mass is 32.1. The first-order valence-electron chi connectivity index (χ1n) is 12.5. The largest absolute Gasteiger partial charge is 0.462 e. The van der Waals surface area contributed by atoms with E-state index in [4.69, 9.17) is 9.47 Å². The standard InChI is InChI=1S/C28H31F2N3O6S/c1-6-38-27(34)24-21(14-31(4)5)25(18-10-12-19(13-11-18)33(36)37)40-26(24)32(28(35)39-16-17(2)3)15-20-22(29)8-7-9-23(20)30/h7-13,17H,6,14-16H2,1-5H3. The number of esters is 1. The number of nitrogens with zero attached hydrogens (tertiary/aromatic N) is 3. The minimum Gasteiger partial charge on any atom is -0.462 e. The molecule has 12 heteroatoms. The summed E-state index contributed by atoms with van der Waals surface area (Å²) in [4.78, 5) is 40.9. The Hall–Kier alpha value is -3.90. The second kappa shape index (κ2) is 13.4. The van der Waals surface area contributed by atoms with Crippen molar-refractivity contribution in [1.82, 2.24) is 4.90 Å². The SMILES string of the molecule is CCOC(=O)c1c(N(Cc2c(F)cccc2F)C(=O)OCC(C)C)sc(-c2ccc([N+](=O)[O-])cc2)c1CN(C)C. The molecule has 1 aromatic heterocycles. The fraction of sp³-hybridized carbons (Fsp3) is 0.357. The van der Waals surface area contributed by atoms with E-state index in [9.17, 15) is 28.5 Å². The van der Waals surface area contributed by atoms with Crippen molar-refractivity contribution in [2.24, 2.45) is 5.92 Å². The number of nitro groups is 1. The third-order valence-electron chi connectivity index (χ3n) is 5.67. The van der Waals surface area contributed by atoms with Gasteiger partial charge >= 0.3 is 12.1 Å². The van der Waals surface area contributed by atoms with Gasteiger partial charge in [-0.2, -0.15) is 0 Å². The van der Waals surface area contributed by atoms with Crippen LogP contribution < -0.4 is 4.90 Å². The van der Waals surface area contributed by atoms with Gasteiger partial charge in [-0.25, -0.2) is 18.4 Å². The number of rotatable bonds is 11. The monoisotopic (exact) mass is 575 g/mol. The van der Waals surface area contributed by atoms with Gasteiger partial charge in [0.15, 0.2) is 0 Å². The van der Waals surface area contributed by atoms with E-state index in [1.165, 1.54) is 18.2 Å². The molecule has 0 unspecified atom stereocenters. The fourth-order valence-corrected chi connectivity index (χ4v) is 5.16. The van der Waals surface area contributed by atoms with Crippen LogP contribution in [0.4, 0.5) is 24.3 Å². The average Bonchev–Trinajstić information content (AvgIpc) is 3.25. The van der Waals surface area contributed by atoms with Crippen molar-refractivity contribution < 1.29 is 32.8 Å². The van der Waals surface area contributed by atoms with Gasteiger partial charge in [0.25, 0.3) is 5.69 Å². The first kappa shape index (κ1) is 30.6. The Balaban J connectivity index is 2.29. The molecule has 0 fully saturated rings. The van der Waals surface area contributed by atoms with Gasteiger partial charge in [0.1, 0.15) is 16.6 Å². The fourth-order valence-electron chi connectivity index (χ4n) is 3.87. The summed E-state index contributed by atoms with van der Waals surface area (Å²) >= 11 is 1.03. The molecule has 9 nitrogen and oxygen atoms in total. The molecule has 214 valence electrons. The second-order valence-corrected chi connectivity index (χ2v) is 10.6. The van der Waals surface area contributed by atoms with Gasteiger partial charge < -0.3 is 14.4 Å². The predicted octanol–water partition coefficient (Wildman–Crippen LogP) is 6.64. The summed E-state index contributed by atoms with van der Waals surface area (Å²) in [5.74, 6) is -2.47. The molecule has 0 bridgehead atoms. The number of nitro benzene ring substituents is 1. The number of thiophene rings is 1. The Kier molecular flexibility index (Phi) is 10.3. The molecule has 0 aliphatic heterocycles. The second-order valence-electron chi connectivity index (χ2n) is 9.61. The first-order valence-corrected chi connectivity index (χ1v) is 13.4. The normalized spacial score (nSPS) is 11.1. The van der Waals surface area contributed by atoms with E-state index >= 15 is 0 Å². The van der Waals surface area contributed by atoms with Crippen LogP contribution in [0.1, 0.15) is 42.3 Å². The molecule has 0 saturated heterocycles. The zero-order valence-corrected chi connectivity index (χ0v) is 23.7. The highest BCUT2D eigenvalue weighted by molar-refractivity contribution is 7.20. The molecule has 3 aromatic rings. The van der Waals surface area contributed by atoms with Crippen LogP contribution in [0.3, 0.4) is 0 Å². The molecule has 0 radical (unpaired) electrons. The molecule has 40 heavy (non-hydrogen) atoms. The molecule has 3 rings (SSSR count). The number of carbonyl (C=O) groups is 2. The smallest absolute Gasteiger partial charge is 0.415 e. The molecule has 0 spiro atoms. The quantitative estimate of drug-likeness (QED) is 0.143. The Morgan fingerprint density at radius 3 is 2.15 bits per heavy atom. The zero-order valence-electron chi connectivity index (χ0n) is 22.9. The van der Waals surface area contributed by atoms with Gasteiger partial charge in [-0.1, -0.05) is 19.9 Å². The lowest BCUT2D eigenvalue weighted by Crippen LogP contribution is -2.33. The summed E-state index contributed by atoms with van der Waals surface area (Å²) in [7, 11) is 3.57. The van der Waals surface area contributed by atoms with E-state index in [1.807, 2.05) is 13.8 Å². The van der Waals surface area contributed by atoms with Crippen LogP contribution in [0, 0.1) is 27.7 Å². The van der Waals surface area contributed by atoms with Crippen molar-refractivity contribution in [1.29, 1.82) is 0 Å². The Bertz CT molecular complexity index is 1350. The van der Waals surface area contributed by atoms with Crippen LogP contribution in [-0.2, 0) is 22.6 Å². The Labute approximate surface area is 235 Å². The van der Waals surface area contributed by atoms with Gasteiger partial charge in [-0.05, 0) is 56.8 Å². The average molecular weight is 576 g/mol. The minimum atomic E-state index is -0.894. The van der Waals surface area contributed by atoms with E-state index in [1.54, 1.807) is 38.1 Å². The summed E-state index contributed by atoms with van der Waals surface area (Å²) in [5, 5.41) is 11.3. The Morgan fingerprint density at radius 2 is 1.62 bits per heavy atom. The van der Waals surface area contributed by atoms with Crippen LogP contribution in [-0.4, -0.2) is 49.2 Å². The van der Waals surface area contributed by atoms with E-state index in [2.05, 4.69) is 0 Å². The number of halogens is 2. The minimum absolute atomic E-state index is 0.0242. The summed E-state index contributed by atoms with van der Waals surface area (Å²) in [6.45, 7) is 5.08. The number of non-ortho nitro benzene ring substituents is 1. The lowest BCUT2D eigenvalue weighted by molar-refractivity contribution is -0.384. The lowest BCUT2D eigenvalue weighted by atomic mass is 10.0. The number of benzene rings is 2. The summed E-state index contributed by atoms with van der Waals surface area (Å²) in [5.41, 5.74) is 0.601. The number of anilines is 1. The Morgan fingerprint density at radius 1 is 1.00 bits per heavy atom. The van der Waals surface area contributed by atoms with Crippen molar-refractivity contribution in [2.75, 3.05) is 32.2 Å². The van der Waals surface area contributed by atoms with Crippen molar-refractivity contribution in [3.63, 3.8) is 0 Å². The van der Waals surface area contributed by atoms with Crippen molar-refractivity contribution in [2.45, 2.75) is 33.9 Å². The van der Waals surface area contributed by atoms with Crippen LogP contribution in [0.25, 0.3) is 10.4 Å². The molecule has 2 aromatic carbocycles. The number of hydrogen-bond acceptors (Lipinski definition) is 8. The predicted molar refractivity (Wildman–Crippen MR) is 148 cm³/mol. The number of ether oxygens (including phenoxy) is 2. The molecule has 1 amide bonds. The summed E-state index contributed by atoms with van der Waals surface area (Å²) in [6, 6.07) is 9.13. The molecular weight excluding hydrogens is 544 g/mol. The zero-order chi connectivity index (χ0) is 29.6. The highest BCUT2D eigenvalue weighted by Crippen LogP contribution is 2.44. The number of carbonyl (C=O) groups excluding carboxylic acids is 2. The third kappa shape index (κ3) is 7.19. The third-order valence-corrected chi connectivity index (χ3v) is 6.97. The molecule has 0 atom stereocenters. The van der Waals surface area contributed by atoms with Crippen LogP contribution >= 0.6 is 11.3 Å².